The Labute approximate surface area is 131 Å². The zero-order valence-corrected chi connectivity index (χ0v) is 13.8. The average Bonchev–Trinajstić information content (AvgIpc) is 3.06. The predicted octanol–water partition coefficient (Wildman–Crippen LogP) is 1.22. The maximum Gasteiger partial charge on any atom is 0.300 e. The van der Waals surface area contributed by atoms with E-state index in [4.69, 9.17) is 10.5 Å². The predicted molar refractivity (Wildman–Crippen MR) is 85.7 cm³/mol. The van der Waals surface area contributed by atoms with Crippen molar-refractivity contribution in [1.82, 2.24) is 9.71 Å². The van der Waals surface area contributed by atoms with Gasteiger partial charge in [-0.1, -0.05) is 0 Å². The van der Waals surface area contributed by atoms with Crippen molar-refractivity contribution < 1.29 is 13.2 Å². The molecule has 0 aromatic carbocycles. The van der Waals surface area contributed by atoms with Crippen LogP contribution in [0.3, 0.4) is 0 Å². The monoisotopic (exact) mass is 348 g/mol. The second-order valence-corrected chi connectivity index (χ2v) is 7.53. The van der Waals surface area contributed by atoms with Gasteiger partial charge in [0.25, 0.3) is 0 Å². The first-order chi connectivity index (χ1) is 10.0. The second-order valence-electron chi connectivity index (χ2n) is 4.00. The summed E-state index contributed by atoms with van der Waals surface area (Å²) in [6.45, 7) is 0.994. The van der Waals surface area contributed by atoms with Gasteiger partial charge in [0.05, 0.1) is 17.2 Å². The van der Waals surface area contributed by atoms with Gasteiger partial charge in [-0.25, -0.2) is 9.71 Å². The Morgan fingerprint density at radius 1 is 1.43 bits per heavy atom. The molecule has 0 aliphatic carbocycles. The molecule has 0 saturated heterocycles. The van der Waals surface area contributed by atoms with Crippen LogP contribution in [0.5, 0.6) is 0 Å². The van der Waals surface area contributed by atoms with Crippen molar-refractivity contribution in [3.8, 4) is 10.6 Å². The first-order valence-corrected chi connectivity index (χ1v) is 9.23. The fraction of sp³-hybridized carbons (Fsp3) is 0.364. The van der Waals surface area contributed by atoms with Gasteiger partial charge < -0.3 is 10.5 Å². The summed E-state index contributed by atoms with van der Waals surface area (Å²) in [4.78, 5) is 6.29. The molecule has 0 radical (unpaired) electrons. The quantitative estimate of drug-likeness (QED) is 0.622. The topological polar surface area (TPSA) is 106 Å². The summed E-state index contributed by atoms with van der Waals surface area (Å²) >= 11 is 2.77. The molecule has 21 heavy (non-hydrogen) atoms. The molecule has 116 valence electrons. The number of hydrogen-bond donors (Lipinski definition) is 3. The van der Waals surface area contributed by atoms with E-state index in [1.54, 1.807) is 16.7 Å². The number of nitrogens with two attached hydrogens (primary N) is 1. The van der Waals surface area contributed by atoms with Crippen molar-refractivity contribution in [2.24, 2.45) is 5.73 Å². The van der Waals surface area contributed by atoms with Gasteiger partial charge >= 0.3 is 10.2 Å². The first-order valence-electron chi connectivity index (χ1n) is 6.05. The van der Waals surface area contributed by atoms with Gasteiger partial charge in [0, 0.05) is 30.5 Å². The van der Waals surface area contributed by atoms with Gasteiger partial charge in [-0.2, -0.15) is 13.1 Å². The zero-order valence-electron chi connectivity index (χ0n) is 11.3. The molecule has 0 fully saturated rings. The van der Waals surface area contributed by atoms with E-state index in [0.717, 1.165) is 15.4 Å². The van der Waals surface area contributed by atoms with Crippen molar-refractivity contribution in [3.05, 3.63) is 22.4 Å². The summed E-state index contributed by atoms with van der Waals surface area (Å²) in [5, 5.41) is 2.12. The molecule has 0 unspecified atom stereocenters. The highest BCUT2D eigenvalue weighted by Crippen LogP contribution is 2.30. The van der Waals surface area contributed by atoms with Gasteiger partial charge in [-0.05, 0) is 12.1 Å². The highest BCUT2D eigenvalue weighted by molar-refractivity contribution is 7.91. The second kappa shape index (κ2) is 7.29. The minimum atomic E-state index is -3.62. The normalized spacial score (nSPS) is 11.7. The van der Waals surface area contributed by atoms with Crippen LogP contribution in [0.15, 0.2) is 17.5 Å². The number of hydrogen-bond acceptors (Lipinski definition) is 7. The molecule has 0 saturated carbocycles. The number of nitrogens with zero attached hydrogens (tertiary/aromatic N) is 1. The SMILES string of the molecule is COCCNS(=O)(=O)Nc1nc(-c2ccc(CN)s2)cs1. The molecule has 2 rings (SSSR count). The van der Waals surface area contributed by atoms with Gasteiger partial charge in [-0.3, -0.25) is 0 Å². The molecule has 0 spiro atoms. The Kier molecular flexibility index (Phi) is 5.67. The average molecular weight is 348 g/mol. The number of anilines is 1. The molecular weight excluding hydrogens is 332 g/mol. The molecule has 0 aliphatic heterocycles. The highest BCUT2D eigenvalue weighted by Gasteiger charge is 2.13. The molecule has 2 aromatic heterocycles. The Balaban J connectivity index is 2.02. The van der Waals surface area contributed by atoms with Gasteiger partial charge in [0.2, 0.25) is 0 Å². The molecule has 2 heterocycles. The number of nitrogens with one attached hydrogen (secondary N) is 2. The van der Waals surface area contributed by atoms with Crippen molar-refractivity contribution in [3.63, 3.8) is 0 Å². The van der Waals surface area contributed by atoms with Crippen LogP contribution in [-0.4, -0.2) is 33.7 Å². The summed E-state index contributed by atoms with van der Waals surface area (Å²) in [6.07, 6.45) is 0. The smallest absolute Gasteiger partial charge is 0.300 e. The standard InChI is InChI=1S/C11H16N4O3S3/c1-18-5-4-13-21(16,17)15-11-14-9(7-19-11)10-3-2-8(6-12)20-10/h2-3,7,13H,4-6,12H2,1H3,(H,14,15). The Morgan fingerprint density at radius 3 is 2.90 bits per heavy atom. The number of ether oxygens (including phenoxy) is 1. The maximum atomic E-state index is 11.7. The molecule has 0 amide bonds. The van der Waals surface area contributed by atoms with Crippen molar-refractivity contribution >= 4 is 38.0 Å². The van der Waals surface area contributed by atoms with E-state index < -0.39 is 10.2 Å². The van der Waals surface area contributed by atoms with Gasteiger partial charge in [0.1, 0.15) is 0 Å². The third-order valence-electron chi connectivity index (χ3n) is 2.44. The van der Waals surface area contributed by atoms with Gasteiger partial charge in [0.15, 0.2) is 5.13 Å². The lowest BCUT2D eigenvalue weighted by atomic mass is 10.4. The summed E-state index contributed by atoms with van der Waals surface area (Å²) in [5.41, 5.74) is 6.31. The highest BCUT2D eigenvalue weighted by atomic mass is 32.2. The summed E-state index contributed by atoms with van der Waals surface area (Å²) < 4.78 is 33.0. The number of thiazole rings is 1. The number of aromatic nitrogens is 1. The van der Waals surface area contributed by atoms with E-state index in [-0.39, 0.29) is 6.54 Å². The van der Waals surface area contributed by atoms with Crippen LogP contribution < -0.4 is 15.2 Å². The molecule has 7 nitrogen and oxygen atoms in total. The Hall–Kier alpha value is -1.04. The molecular formula is C11H16N4O3S3. The molecule has 4 N–H and O–H groups in total. The van der Waals surface area contributed by atoms with Crippen LogP contribution in [0, 0.1) is 0 Å². The lowest BCUT2D eigenvalue weighted by Crippen LogP contribution is -2.32. The molecule has 10 heteroatoms. The van der Waals surface area contributed by atoms with Crippen LogP contribution in [0.4, 0.5) is 5.13 Å². The van der Waals surface area contributed by atoms with E-state index in [1.807, 2.05) is 12.1 Å². The van der Waals surface area contributed by atoms with Crippen molar-refractivity contribution in [2.45, 2.75) is 6.54 Å². The van der Waals surface area contributed by atoms with Crippen LogP contribution in [-0.2, 0) is 21.5 Å². The van der Waals surface area contributed by atoms with E-state index in [9.17, 15) is 8.42 Å². The third-order valence-corrected chi connectivity index (χ3v) is 5.50. The van der Waals surface area contributed by atoms with E-state index >= 15 is 0 Å². The van der Waals surface area contributed by atoms with E-state index in [0.29, 0.717) is 18.3 Å². The van der Waals surface area contributed by atoms with E-state index in [2.05, 4.69) is 14.4 Å². The maximum absolute atomic E-state index is 11.7. The third kappa shape index (κ3) is 4.73. The molecule has 0 atom stereocenters. The van der Waals surface area contributed by atoms with E-state index in [1.165, 1.54) is 18.4 Å². The lowest BCUT2D eigenvalue weighted by Gasteiger charge is -2.05. The summed E-state index contributed by atoms with van der Waals surface area (Å²) in [5.74, 6) is 0. The molecule has 0 bridgehead atoms. The number of thiophene rings is 1. The van der Waals surface area contributed by atoms with Crippen LogP contribution in [0.1, 0.15) is 4.88 Å². The fourth-order valence-electron chi connectivity index (χ4n) is 1.49. The first kappa shape index (κ1) is 16.3. The Bertz CT molecular complexity index is 680. The largest absolute Gasteiger partial charge is 0.383 e. The van der Waals surface area contributed by atoms with Crippen molar-refractivity contribution in [1.29, 1.82) is 0 Å². The number of rotatable bonds is 8. The molecule has 2 aromatic rings. The Morgan fingerprint density at radius 2 is 2.24 bits per heavy atom. The summed E-state index contributed by atoms with van der Waals surface area (Å²) in [7, 11) is -2.12. The van der Waals surface area contributed by atoms with Crippen molar-refractivity contribution in [2.75, 3.05) is 25.0 Å². The van der Waals surface area contributed by atoms with Crippen LogP contribution >= 0.6 is 22.7 Å². The zero-order chi connectivity index (χ0) is 15.3. The lowest BCUT2D eigenvalue weighted by molar-refractivity contribution is 0.204. The van der Waals surface area contributed by atoms with Gasteiger partial charge in [-0.15, -0.1) is 22.7 Å². The van der Waals surface area contributed by atoms with Crippen LogP contribution in [0.25, 0.3) is 10.6 Å². The van der Waals surface area contributed by atoms with Crippen LogP contribution in [0.2, 0.25) is 0 Å². The minimum Gasteiger partial charge on any atom is -0.383 e. The fourth-order valence-corrected chi connectivity index (χ4v) is 4.19. The molecule has 0 aliphatic rings. The summed E-state index contributed by atoms with van der Waals surface area (Å²) in [6, 6.07) is 3.87. The number of methoxy groups -OCH3 is 1. The minimum absolute atomic E-state index is 0.203.